The molecule has 0 aliphatic heterocycles. The highest BCUT2D eigenvalue weighted by Crippen LogP contribution is 2.40. The predicted octanol–water partition coefficient (Wildman–Crippen LogP) is 4.03. The van der Waals surface area contributed by atoms with E-state index in [-0.39, 0.29) is 11.3 Å². The average Bonchev–Trinajstić information content (AvgIpc) is 3.14. The molecule has 0 spiro atoms. The molecule has 1 N–H and O–H groups in total. The number of carboxylic acids is 1. The maximum atomic E-state index is 12.6. The number of nitrogens with zero attached hydrogens (tertiary/aromatic N) is 1. The number of ether oxygens (including phenoxy) is 2. The van der Waals surface area contributed by atoms with E-state index in [1.54, 1.807) is 62.8 Å². The van der Waals surface area contributed by atoms with Crippen LogP contribution in [-0.2, 0) is 0 Å². The van der Waals surface area contributed by atoms with Gasteiger partial charge in [0.2, 0.25) is 5.76 Å². The number of furan rings is 1. The maximum Gasteiger partial charge on any atom is 0.340 e. The molecule has 1 heterocycles. The van der Waals surface area contributed by atoms with Crippen LogP contribution in [0.4, 0.5) is 0 Å². The topological polar surface area (TPSA) is 89.2 Å². The number of amides is 1. The summed E-state index contributed by atoms with van der Waals surface area (Å²) in [7, 11) is 6.18. The molecule has 0 radical (unpaired) electrons. The first kappa shape index (κ1) is 20.0. The van der Waals surface area contributed by atoms with Crippen LogP contribution in [0.3, 0.4) is 0 Å². The Morgan fingerprint density at radius 1 is 0.862 bits per heavy atom. The van der Waals surface area contributed by atoms with Gasteiger partial charge in [0, 0.05) is 25.2 Å². The minimum absolute atomic E-state index is 0.181. The Morgan fingerprint density at radius 2 is 1.34 bits per heavy atom. The Bertz CT molecular complexity index is 1030. The van der Waals surface area contributed by atoms with Crippen molar-refractivity contribution in [2.75, 3.05) is 28.3 Å². The lowest BCUT2D eigenvalue weighted by Crippen LogP contribution is -2.23. The Balaban J connectivity index is 2.30. The van der Waals surface area contributed by atoms with Crippen molar-refractivity contribution in [2.24, 2.45) is 0 Å². The molecule has 0 fully saturated rings. The summed E-state index contributed by atoms with van der Waals surface area (Å²) >= 11 is 0. The molecule has 2 aromatic carbocycles. The van der Waals surface area contributed by atoms with Crippen molar-refractivity contribution in [2.45, 2.75) is 0 Å². The van der Waals surface area contributed by atoms with Crippen LogP contribution < -0.4 is 9.47 Å². The van der Waals surface area contributed by atoms with Crippen molar-refractivity contribution in [3.63, 3.8) is 0 Å². The van der Waals surface area contributed by atoms with Gasteiger partial charge in [-0.1, -0.05) is 12.1 Å². The lowest BCUT2D eigenvalue weighted by molar-refractivity contribution is 0.0679. The monoisotopic (exact) mass is 395 g/mol. The van der Waals surface area contributed by atoms with E-state index in [9.17, 15) is 14.7 Å². The molecule has 0 bridgehead atoms. The van der Waals surface area contributed by atoms with E-state index < -0.39 is 11.9 Å². The Morgan fingerprint density at radius 3 is 1.76 bits per heavy atom. The van der Waals surface area contributed by atoms with E-state index in [0.29, 0.717) is 33.9 Å². The van der Waals surface area contributed by atoms with Crippen LogP contribution in [0.1, 0.15) is 20.9 Å². The zero-order valence-corrected chi connectivity index (χ0v) is 16.6. The Hall–Kier alpha value is -3.74. The number of carbonyl (C=O) groups excluding carboxylic acids is 1. The highest BCUT2D eigenvalue weighted by atomic mass is 16.5. The van der Waals surface area contributed by atoms with Crippen molar-refractivity contribution < 1.29 is 28.6 Å². The van der Waals surface area contributed by atoms with Gasteiger partial charge in [0.1, 0.15) is 22.8 Å². The summed E-state index contributed by atoms with van der Waals surface area (Å²) < 4.78 is 16.2. The van der Waals surface area contributed by atoms with E-state index >= 15 is 0 Å². The van der Waals surface area contributed by atoms with E-state index in [1.165, 1.54) is 19.0 Å². The second-order valence-corrected chi connectivity index (χ2v) is 6.47. The van der Waals surface area contributed by atoms with Crippen molar-refractivity contribution >= 4 is 11.9 Å². The third-order valence-corrected chi connectivity index (χ3v) is 4.45. The second-order valence-electron chi connectivity index (χ2n) is 6.47. The molecule has 0 saturated carbocycles. The molecule has 150 valence electrons. The fraction of sp³-hybridized carbons (Fsp3) is 0.182. The van der Waals surface area contributed by atoms with Gasteiger partial charge in [-0.05, 0) is 42.0 Å². The number of hydrogen-bond acceptors (Lipinski definition) is 5. The number of benzene rings is 2. The van der Waals surface area contributed by atoms with Crippen LogP contribution in [0.5, 0.6) is 11.5 Å². The van der Waals surface area contributed by atoms with E-state index in [2.05, 4.69) is 0 Å². The van der Waals surface area contributed by atoms with Gasteiger partial charge < -0.3 is 23.9 Å². The van der Waals surface area contributed by atoms with Crippen LogP contribution >= 0.6 is 0 Å². The third-order valence-electron chi connectivity index (χ3n) is 4.45. The number of methoxy groups -OCH3 is 2. The van der Waals surface area contributed by atoms with Crippen molar-refractivity contribution in [1.82, 2.24) is 4.90 Å². The number of rotatable bonds is 6. The normalized spacial score (nSPS) is 10.5. The molecule has 7 heteroatoms. The molecule has 1 amide bonds. The zero-order valence-electron chi connectivity index (χ0n) is 16.6. The fourth-order valence-corrected chi connectivity index (χ4v) is 2.97. The summed E-state index contributed by atoms with van der Waals surface area (Å²) in [5, 5.41) is 9.91. The lowest BCUT2D eigenvalue weighted by Gasteiger charge is -2.08. The largest absolute Gasteiger partial charge is 0.497 e. The molecule has 0 saturated heterocycles. The van der Waals surface area contributed by atoms with Gasteiger partial charge in [-0.15, -0.1) is 0 Å². The van der Waals surface area contributed by atoms with Crippen molar-refractivity contribution in [3.05, 3.63) is 59.9 Å². The van der Waals surface area contributed by atoms with E-state index in [4.69, 9.17) is 13.9 Å². The van der Waals surface area contributed by atoms with Crippen LogP contribution in [0, 0.1) is 0 Å². The number of aromatic carboxylic acids is 1. The van der Waals surface area contributed by atoms with Crippen LogP contribution in [0.25, 0.3) is 22.5 Å². The summed E-state index contributed by atoms with van der Waals surface area (Å²) in [6.07, 6.45) is 0. The standard InChI is InChI=1S/C22H21NO6/c1-23(2)21(24)20-18(22(25)26)17(13-5-9-15(27-3)10-6-13)19(29-20)14-7-11-16(28-4)12-8-14/h5-12H,1-4H3,(H,25,26). The first-order valence-electron chi connectivity index (χ1n) is 8.78. The highest BCUT2D eigenvalue weighted by molar-refractivity contribution is 6.10. The Labute approximate surface area is 168 Å². The van der Waals surface area contributed by atoms with Crippen LogP contribution in [-0.4, -0.2) is 50.2 Å². The average molecular weight is 395 g/mol. The zero-order chi connectivity index (χ0) is 21.1. The fourth-order valence-electron chi connectivity index (χ4n) is 2.97. The van der Waals surface area contributed by atoms with Crippen LogP contribution in [0.15, 0.2) is 52.9 Å². The van der Waals surface area contributed by atoms with Gasteiger partial charge in [-0.25, -0.2) is 4.79 Å². The minimum Gasteiger partial charge on any atom is -0.497 e. The first-order valence-corrected chi connectivity index (χ1v) is 8.78. The molecule has 3 rings (SSSR count). The summed E-state index contributed by atoms with van der Waals surface area (Å²) in [4.78, 5) is 26.0. The maximum absolute atomic E-state index is 12.6. The summed E-state index contributed by atoms with van der Waals surface area (Å²) in [5.74, 6) is -0.430. The van der Waals surface area contributed by atoms with E-state index in [0.717, 1.165) is 0 Å². The van der Waals surface area contributed by atoms with Gasteiger partial charge >= 0.3 is 5.97 Å². The second kappa shape index (κ2) is 8.10. The van der Waals surface area contributed by atoms with Crippen molar-refractivity contribution in [1.29, 1.82) is 0 Å². The van der Waals surface area contributed by atoms with Gasteiger partial charge in [0.25, 0.3) is 5.91 Å². The molecule has 0 aliphatic carbocycles. The molecule has 7 nitrogen and oxygen atoms in total. The SMILES string of the molecule is COc1ccc(-c2oc(C(=O)N(C)C)c(C(=O)O)c2-c2ccc(OC)cc2)cc1. The lowest BCUT2D eigenvalue weighted by atomic mass is 9.96. The predicted molar refractivity (Wildman–Crippen MR) is 108 cm³/mol. The number of hydrogen-bond donors (Lipinski definition) is 1. The molecule has 29 heavy (non-hydrogen) atoms. The van der Waals surface area contributed by atoms with Crippen molar-refractivity contribution in [3.8, 4) is 33.9 Å². The van der Waals surface area contributed by atoms with Gasteiger partial charge in [-0.2, -0.15) is 0 Å². The summed E-state index contributed by atoms with van der Waals surface area (Å²) in [5.41, 5.74) is 1.36. The molecule has 1 aromatic heterocycles. The molecule has 3 aromatic rings. The van der Waals surface area contributed by atoms with Gasteiger partial charge in [0.15, 0.2) is 0 Å². The minimum atomic E-state index is -1.25. The molecule has 0 aliphatic rings. The number of carboxylic acid groups (broad SMARTS) is 1. The Kier molecular flexibility index (Phi) is 5.59. The first-order chi connectivity index (χ1) is 13.9. The van der Waals surface area contributed by atoms with Crippen LogP contribution in [0.2, 0.25) is 0 Å². The molecule has 0 unspecified atom stereocenters. The summed E-state index contributed by atoms with van der Waals surface area (Å²) in [6, 6.07) is 13.9. The highest BCUT2D eigenvalue weighted by Gasteiger charge is 2.31. The smallest absolute Gasteiger partial charge is 0.340 e. The third kappa shape index (κ3) is 3.80. The molecular weight excluding hydrogens is 374 g/mol. The molecule has 0 atom stereocenters. The van der Waals surface area contributed by atoms with Gasteiger partial charge in [0.05, 0.1) is 14.2 Å². The van der Waals surface area contributed by atoms with Gasteiger partial charge in [-0.3, -0.25) is 4.79 Å². The molecular formula is C22H21NO6. The number of carbonyl (C=O) groups is 2. The van der Waals surface area contributed by atoms with E-state index in [1.807, 2.05) is 0 Å². The summed E-state index contributed by atoms with van der Waals surface area (Å²) in [6.45, 7) is 0. The quantitative estimate of drug-likeness (QED) is 0.678.